The predicted molar refractivity (Wildman–Crippen MR) is 72.0 cm³/mol. The highest BCUT2D eigenvalue weighted by Crippen LogP contribution is 2.25. The Morgan fingerprint density at radius 1 is 1.45 bits per heavy atom. The summed E-state index contributed by atoms with van der Waals surface area (Å²) < 4.78 is 26.8. The van der Waals surface area contributed by atoms with Crippen LogP contribution < -0.4 is 5.32 Å². The standard InChI is InChI=1S/C14H19F2N3O/c1-3-18(2)6-7-19-13(20)9-17-14(19)11-5-4-10(15)8-12(11)16/h4-5,8,14,17H,3,6-7,9H2,1-2H3. The molecule has 1 heterocycles. The molecule has 6 heteroatoms. The molecule has 1 aromatic rings. The van der Waals surface area contributed by atoms with Gasteiger partial charge in [0.15, 0.2) is 0 Å². The van der Waals surface area contributed by atoms with Gasteiger partial charge in [0.2, 0.25) is 5.91 Å². The summed E-state index contributed by atoms with van der Waals surface area (Å²) in [5, 5.41) is 2.97. The first-order valence-electron chi connectivity index (χ1n) is 6.69. The second-order valence-electron chi connectivity index (χ2n) is 4.93. The molecular weight excluding hydrogens is 264 g/mol. The molecule has 0 radical (unpaired) electrons. The van der Waals surface area contributed by atoms with E-state index in [1.165, 1.54) is 12.1 Å². The maximum Gasteiger partial charge on any atom is 0.238 e. The zero-order chi connectivity index (χ0) is 14.7. The Labute approximate surface area is 117 Å². The lowest BCUT2D eigenvalue weighted by molar-refractivity contribution is -0.128. The first kappa shape index (κ1) is 14.9. The van der Waals surface area contributed by atoms with Crippen molar-refractivity contribution in [1.29, 1.82) is 0 Å². The van der Waals surface area contributed by atoms with E-state index in [0.717, 1.165) is 12.6 Å². The minimum absolute atomic E-state index is 0.0665. The Hall–Kier alpha value is -1.53. The van der Waals surface area contributed by atoms with Crippen LogP contribution >= 0.6 is 0 Å². The molecular formula is C14H19F2N3O. The van der Waals surface area contributed by atoms with Gasteiger partial charge in [-0.25, -0.2) is 8.78 Å². The molecule has 1 aromatic carbocycles. The molecule has 0 aromatic heterocycles. The average Bonchev–Trinajstić information content (AvgIpc) is 2.77. The lowest BCUT2D eigenvalue weighted by Gasteiger charge is -2.27. The number of carbonyl (C=O) groups excluding carboxylic acids is 1. The number of benzene rings is 1. The molecule has 0 spiro atoms. The first-order chi connectivity index (χ1) is 9.52. The molecule has 110 valence electrons. The van der Waals surface area contributed by atoms with Crippen LogP contribution in [0.3, 0.4) is 0 Å². The van der Waals surface area contributed by atoms with Crippen molar-refractivity contribution in [3.8, 4) is 0 Å². The second kappa shape index (κ2) is 6.28. The SMILES string of the molecule is CCN(C)CCN1C(=O)CNC1c1ccc(F)cc1F. The van der Waals surface area contributed by atoms with Crippen LogP contribution in [0, 0.1) is 11.6 Å². The third-order valence-corrected chi connectivity index (χ3v) is 3.60. The minimum Gasteiger partial charge on any atom is -0.320 e. The molecule has 1 aliphatic rings. The summed E-state index contributed by atoms with van der Waals surface area (Å²) in [5.74, 6) is -1.32. The van der Waals surface area contributed by atoms with Crippen LogP contribution in [0.5, 0.6) is 0 Å². The van der Waals surface area contributed by atoms with Crippen LogP contribution in [0.15, 0.2) is 18.2 Å². The van der Waals surface area contributed by atoms with Crippen molar-refractivity contribution < 1.29 is 13.6 Å². The molecule has 4 nitrogen and oxygen atoms in total. The topological polar surface area (TPSA) is 35.6 Å². The van der Waals surface area contributed by atoms with E-state index in [1.807, 2.05) is 14.0 Å². The molecule has 0 bridgehead atoms. The number of halogens is 2. The van der Waals surface area contributed by atoms with E-state index in [4.69, 9.17) is 0 Å². The lowest BCUT2D eigenvalue weighted by atomic mass is 10.1. The van der Waals surface area contributed by atoms with Crippen LogP contribution in [0.1, 0.15) is 18.7 Å². The van der Waals surface area contributed by atoms with Crippen LogP contribution in [0.4, 0.5) is 8.78 Å². The highest BCUT2D eigenvalue weighted by Gasteiger charge is 2.32. The Balaban J connectivity index is 2.15. The molecule has 2 rings (SSSR count). The number of amides is 1. The number of hydrogen-bond donors (Lipinski definition) is 1. The fourth-order valence-corrected chi connectivity index (χ4v) is 2.23. The van der Waals surface area contributed by atoms with Crippen LogP contribution in [-0.2, 0) is 4.79 Å². The molecule has 1 N–H and O–H groups in total. The molecule has 1 saturated heterocycles. The number of carbonyl (C=O) groups is 1. The van der Waals surface area contributed by atoms with Gasteiger partial charge in [-0.1, -0.05) is 6.92 Å². The first-order valence-corrected chi connectivity index (χ1v) is 6.69. The monoisotopic (exact) mass is 283 g/mol. The Morgan fingerprint density at radius 2 is 2.20 bits per heavy atom. The Kier molecular flexibility index (Phi) is 4.67. The summed E-state index contributed by atoms with van der Waals surface area (Å²) in [4.78, 5) is 15.6. The smallest absolute Gasteiger partial charge is 0.238 e. The molecule has 20 heavy (non-hydrogen) atoms. The van der Waals surface area contributed by atoms with Gasteiger partial charge >= 0.3 is 0 Å². The Bertz CT molecular complexity index is 495. The molecule has 1 fully saturated rings. The minimum atomic E-state index is -0.633. The molecule has 1 aliphatic heterocycles. The Morgan fingerprint density at radius 3 is 2.85 bits per heavy atom. The summed E-state index contributed by atoms with van der Waals surface area (Å²) in [6.07, 6.45) is -0.520. The van der Waals surface area contributed by atoms with E-state index in [2.05, 4.69) is 10.2 Å². The molecule has 1 amide bonds. The summed E-state index contributed by atoms with van der Waals surface area (Å²) in [7, 11) is 1.96. The zero-order valence-electron chi connectivity index (χ0n) is 11.7. The number of rotatable bonds is 5. The normalized spacial score (nSPS) is 19.1. The maximum absolute atomic E-state index is 13.8. The van der Waals surface area contributed by atoms with Crippen LogP contribution in [0.2, 0.25) is 0 Å². The highest BCUT2D eigenvalue weighted by molar-refractivity contribution is 5.81. The third-order valence-electron chi connectivity index (χ3n) is 3.60. The van der Waals surface area contributed by atoms with Crippen molar-refractivity contribution in [2.45, 2.75) is 13.1 Å². The number of nitrogens with zero attached hydrogens (tertiary/aromatic N) is 2. The van der Waals surface area contributed by atoms with Gasteiger partial charge in [0.25, 0.3) is 0 Å². The van der Waals surface area contributed by atoms with E-state index in [0.29, 0.717) is 18.7 Å². The highest BCUT2D eigenvalue weighted by atomic mass is 19.1. The van der Waals surface area contributed by atoms with E-state index in [-0.39, 0.29) is 12.5 Å². The fourth-order valence-electron chi connectivity index (χ4n) is 2.23. The molecule has 0 saturated carbocycles. The van der Waals surface area contributed by atoms with E-state index >= 15 is 0 Å². The third kappa shape index (κ3) is 3.13. The van der Waals surface area contributed by atoms with Crippen LogP contribution in [-0.4, -0.2) is 48.9 Å². The van der Waals surface area contributed by atoms with Gasteiger partial charge in [0.05, 0.1) is 6.54 Å². The molecule has 1 atom stereocenters. The predicted octanol–water partition coefficient (Wildman–Crippen LogP) is 1.35. The van der Waals surface area contributed by atoms with Crippen molar-refractivity contribution in [3.63, 3.8) is 0 Å². The van der Waals surface area contributed by atoms with Gasteiger partial charge in [0, 0.05) is 24.7 Å². The quantitative estimate of drug-likeness (QED) is 0.886. The second-order valence-corrected chi connectivity index (χ2v) is 4.93. The summed E-state index contributed by atoms with van der Waals surface area (Å²) in [6.45, 7) is 4.31. The lowest BCUT2D eigenvalue weighted by Crippen LogP contribution is -2.37. The molecule has 1 unspecified atom stereocenters. The largest absolute Gasteiger partial charge is 0.320 e. The van der Waals surface area contributed by atoms with Gasteiger partial charge in [-0.3, -0.25) is 10.1 Å². The number of nitrogens with one attached hydrogen (secondary N) is 1. The van der Waals surface area contributed by atoms with Gasteiger partial charge in [-0.15, -0.1) is 0 Å². The number of likely N-dealkylation sites (N-methyl/N-ethyl adjacent to an activating group) is 1. The van der Waals surface area contributed by atoms with Gasteiger partial charge in [-0.05, 0) is 25.7 Å². The van der Waals surface area contributed by atoms with Gasteiger partial charge in [-0.2, -0.15) is 0 Å². The maximum atomic E-state index is 13.8. The van der Waals surface area contributed by atoms with Crippen molar-refractivity contribution >= 4 is 5.91 Å². The van der Waals surface area contributed by atoms with E-state index in [9.17, 15) is 13.6 Å². The van der Waals surface area contributed by atoms with Crippen molar-refractivity contribution in [2.75, 3.05) is 33.2 Å². The van der Waals surface area contributed by atoms with Crippen LogP contribution in [0.25, 0.3) is 0 Å². The van der Waals surface area contributed by atoms with E-state index in [1.54, 1.807) is 4.90 Å². The zero-order valence-corrected chi connectivity index (χ0v) is 11.7. The van der Waals surface area contributed by atoms with E-state index < -0.39 is 17.8 Å². The fraction of sp³-hybridized carbons (Fsp3) is 0.500. The summed E-state index contributed by atoms with van der Waals surface area (Å²) >= 11 is 0. The van der Waals surface area contributed by atoms with Gasteiger partial charge < -0.3 is 9.80 Å². The van der Waals surface area contributed by atoms with Crippen molar-refractivity contribution in [1.82, 2.24) is 15.1 Å². The summed E-state index contributed by atoms with van der Waals surface area (Å²) in [5.41, 5.74) is 0.302. The number of hydrogen-bond acceptors (Lipinski definition) is 3. The van der Waals surface area contributed by atoms with Gasteiger partial charge in [0.1, 0.15) is 17.8 Å². The van der Waals surface area contributed by atoms with Crippen molar-refractivity contribution in [3.05, 3.63) is 35.4 Å². The average molecular weight is 283 g/mol. The molecule has 0 aliphatic carbocycles. The summed E-state index contributed by atoms with van der Waals surface area (Å²) in [6, 6.07) is 3.44. The van der Waals surface area contributed by atoms with Crippen molar-refractivity contribution in [2.24, 2.45) is 0 Å².